The van der Waals surface area contributed by atoms with Crippen molar-refractivity contribution in [1.82, 2.24) is 5.32 Å². The van der Waals surface area contributed by atoms with E-state index in [0.29, 0.717) is 4.90 Å². The molecule has 2 atom stereocenters. The van der Waals surface area contributed by atoms with Gasteiger partial charge in [-0.25, -0.2) is 4.79 Å². The van der Waals surface area contributed by atoms with Crippen LogP contribution < -0.4 is 5.32 Å². The van der Waals surface area contributed by atoms with Crippen molar-refractivity contribution >= 4 is 22.7 Å². The van der Waals surface area contributed by atoms with Crippen molar-refractivity contribution in [3.8, 4) is 0 Å². The summed E-state index contributed by atoms with van der Waals surface area (Å²) in [5, 5.41) is 12.4. The molecule has 0 fully saturated rings. The summed E-state index contributed by atoms with van der Waals surface area (Å²) in [6.45, 7) is 1.79. The Balaban J connectivity index is 1.82. The lowest BCUT2D eigenvalue weighted by atomic mass is 9.75. The van der Waals surface area contributed by atoms with Crippen molar-refractivity contribution in [1.29, 1.82) is 0 Å². The maximum Gasteiger partial charge on any atom is 0.326 e. The Morgan fingerprint density at radius 1 is 0.871 bits per heavy atom. The number of rotatable bonds is 9. The van der Waals surface area contributed by atoms with Gasteiger partial charge in [0.15, 0.2) is 0 Å². The van der Waals surface area contributed by atoms with Gasteiger partial charge >= 0.3 is 5.97 Å². The summed E-state index contributed by atoms with van der Waals surface area (Å²) in [4.78, 5) is 26.0. The van der Waals surface area contributed by atoms with E-state index in [0.717, 1.165) is 11.1 Å². The van der Waals surface area contributed by atoms with Crippen LogP contribution in [-0.2, 0) is 25.8 Å². The number of amides is 1. The topological polar surface area (TPSA) is 83.5 Å². The first-order chi connectivity index (χ1) is 14.9. The second-order valence-corrected chi connectivity index (χ2v) is 8.94. The zero-order chi connectivity index (χ0) is 22.3. The van der Waals surface area contributed by atoms with Gasteiger partial charge in [-0.3, -0.25) is 9.00 Å². The first-order valence-electron chi connectivity index (χ1n) is 10.0. The van der Waals surface area contributed by atoms with E-state index in [4.69, 9.17) is 0 Å². The summed E-state index contributed by atoms with van der Waals surface area (Å²) >= 11 is 0. The first-order valence-corrected chi connectivity index (χ1v) is 11.3. The summed E-state index contributed by atoms with van der Waals surface area (Å²) in [6.07, 6.45) is 0.0578. The summed E-state index contributed by atoms with van der Waals surface area (Å²) in [6, 6.07) is 26.3. The van der Waals surface area contributed by atoms with Crippen molar-refractivity contribution < 1.29 is 18.9 Å². The van der Waals surface area contributed by atoms with Crippen molar-refractivity contribution in [2.24, 2.45) is 0 Å². The molecular weight excluding hydrogens is 410 g/mol. The molecule has 6 heteroatoms. The predicted octanol–water partition coefficient (Wildman–Crippen LogP) is 3.76. The predicted molar refractivity (Wildman–Crippen MR) is 121 cm³/mol. The van der Waals surface area contributed by atoms with E-state index in [1.807, 2.05) is 66.7 Å². The van der Waals surface area contributed by atoms with Crippen molar-refractivity contribution in [3.05, 3.63) is 102 Å². The average molecular weight is 436 g/mol. The fourth-order valence-corrected chi connectivity index (χ4v) is 4.59. The van der Waals surface area contributed by atoms with Gasteiger partial charge in [-0.1, -0.05) is 78.9 Å². The molecule has 3 rings (SSSR count). The van der Waals surface area contributed by atoms with E-state index in [1.54, 1.807) is 31.2 Å². The molecule has 31 heavy (non-hydrogen) atoms. The van der Waals surface area contributed by atoms with Gasteiger partial charge in [0.25, 0.3) is 0 Å². The van der Waals surface area contributed by atoms with Gasteiger partial charge in [-0.2, -0.15) is 0 Å². The van der Waals surface area contributed by atoms with Gasteiger partial charge in [0, 0.05) is 10.6 Å². The molecule has 0 heterocycles. The van der Waals surface area contributed by atoms with Crippen LogP contribution in [-0.4, -0.2) is 33.0 Å². The van der Waals surface area contributed by atoms with E-state index >= 15 is 0 Å². The molecule has 0 aliphatic carbocycles. The van der Waals surface area contributed by atoms with Crippen molar-refractivity contribution in [3.63, 3.8) is 0 Å². The van der Waals surface area contributed by atoms with Crippen LogP contribution >= 0.6 is 0 Å². The van der Waals surface area contributed by atoms with E-state index in [2.05, 4.69) is 5.32 Å². The number of hydrogen-bond donors (Lipinski definition) is 2. The molecule has 3 aromatic carbocycles. The minimum Gasteiger partial charge on any atom is -0.480 e. The average Bonchev–Trinajstić information content (AvgIpc) is 2.82. The number of benzene rings is 3. The van der Waals surface area contributed by atoms with E-state index in [9.17, 15) is 18.9 Å². The molecule has 1 amide bonds. The van der Waals surface area contributed by atoms with Gasteiger partial charge < -0.3 is 10.4 Å². The van der Waals surface area contributed by atoms with Crippen LogP contribution in [0.3, 0.4) is 0 Å². The van der Waals surface area contributed by atoms with Gasteiger partial charge in [0.2, 0.25) is 5.91 Å². The lowest BCUT2D eigenvalue weighted by Crippen LogP contribution is -2.50. The highest BCUT2D eigenvalue weighted by Gasteiger charge is 2.38. The van der Waals surface area contributed by atoms with Crippen LogP contribution in [0.25, 0.3) is 0 Å². The molecule has 0 aliphatic rings. The number of carbonyl (C=O) groups is 2. The van der Waals surface area contributed by atoms with Gasteiger partial charge in [-0.05, 0) is 36.6 Å². The van der Waals surface area contributed by atoms with Crippen LogP contribution in [0.4, 0.5) is 0 Å². The Bertz CT molecular complexity index is 999. The molecule has 0 radical (unpaired) electrons. The molecule has 0 saturated heterocycles. The third-order valence-corrected chi connectivity index (χ3v) is 6.76. The highest BCUT2D eigenvalue weighted by atomic mass is 32.2. The lowest BCUT2D eigenvalue weighted by molar-refractivity contribution is -0.142. The SMILES string of the molecule is CC(C(=O)N[C@@H](CC[S@@](=O)c1ccccc1)C(=O)O)(c1ccccc1)c1ccccc1. The normalized spacial score (nSPS) is 13.2. The third kappa shape index (κ3) is 5.27. The zero-order valence-electron chi connectivity index (χ0n) is 17.2. The summed E-state index contributed by atoms with van der Waals surface area (Å²) in [5.41, 5.74) is 0.445. The molecule has 5 nitrogen and oxygen atoms in total. The quantitative estimate of drug-likeness (QED) is 0.536. The Morgan fingerprint density at radius 3 is 1.77 bits per heavy atom. The van der Waals surface area contributed by atoms with Crippen molar-refractivity contribution in [2.45, 2.75) is 29.7 Å². The van der Waals surface area contributed by atoms with E-state index in [-0.39, 0.29) is 12.2 Å². The highest BCUT2D eigenvalue weighted by molar-refractivity contribution is 7.85. The summed E-state index contributed by atoms with van der Waals surface area (Å²) < 4.78 is 12.5. The number of aliphatic carboxylic acids is 1. The minimum absolute atomic E-state index is 0.0578. The van der Waals surface area contributed by atoms with E-state index < -0.39 is 34.1 Å². The number of hydrogen-bond acceptors (Lipinski definition) is 3. The van der Waals surface area contributed by atoms with Gasteiger partial charge in [-0.15, -0.1) is 0 Å². The molecule has 0 saturated carbocycles. The van der Waals surface area contributed by atoms with Crippen LogP contribution in [0.1, 0.15) is 24.5 Å². The minimum atomic E-state index is -1.34. The summed E-state index contributed by atoms with van der Waals surface area (Å²) in [5.74, 6) is -1.43. The molecule has 0 aromatic heterocycles. The molecule has 0 spiro atoms. The number of carbonyl (C=O) groups excluding carboxylic acids is 1. The van der Waals surface area contributed by atoms with Crippen molar-refractivity contribution in [2.75, 3.05) is 5.75 Å². The van der Waals surface area contributed by atoms with Gasteiger partial charge in [0.05, 0.1) is 16.2 Å². The number of carboxylic acid groups (broad SMARTS) is 1. The summed E-state index contributed by atoms with van der Waals surface area (Å²) in [7, 11) is -1.34. The zero-order valence-corrected chi connectivity index (χ0v) is 18.0. The maximum absolute atomic E-state index is 13.4. The monoisotopic (exact) mass is 435 g/mol. The molecule has 0 unspecified atom stereocenters. The van der Waals surface area contributed by atoms with Crippen LogP contribution in [0.15, 0.2) is 95.9 Å². The Morgan fingerprint density at radius 2 is 1.32 bits per heavy atom. The fraction of sp³-hybridized carbons (Fsp3) is 0.200. The molecule has 0 aliphatic heterocycles. The largest absolute Gasteiger partial charge is 0.480 e. The molecule has 2 N–H and O–H groups in total. The van der Waals surface area contributed by atoms with Crippen LogP contribution in [0.5, 0.6) is 0 Å². The number of nitrogens with one attached hydrogen (secondary N) is 1. The Kier molecular flexibility index (Phi) is 7.36. The fourth-order valence-electron chi connectivity index (χ4n) is 3.45. The second-order valence-electron chi connectivity index (χ2n) is 7.37. The molecular formula is C25H25NO4S. The molecule has 0 bridgehead atoms. The van der Waals surface area contributed by atoms with Crippen LogP contribution in [0.2, 0.25) is 0 Å². The molecule has 160 valence electrons. The van der Waals surface area contributed by atoms with Crippen LogP contribution in [0, 0.1) is 0 Å². The van der Waals surface area contributed by atoms with Gasteiger partial charge in [0.1, 0.15) is 6.04 Å². The van der Waals surface area contributed by atoms with E-state index in [1.165, 1.54) is 0 Å². The first kappa shape index (κ1) is 22.4. The molecule has 3 aromatic rings. The third-order valence-electron chi connectivity index (χ3n) is 5.36. The second kappa shape index (κ2) is 10.2. The Hall–Kier alpha value is -3.25. The highest BCUT2D eigenvalue weighted by Crippen LogP contribution is 2.32. The maximum atomic E-state index is 13.4. The smallest absolute Gasteiger partial charge is 0.326 e. The Labute approximate surface area is 184 Å². The standard InChI is InChI=1S/C25H25NO4S/c1-25(19-11-5-2-6-12-19,20-13-7-3-8-14-20)24(29)26-22(23(27)28)17-18-31(30)21-15-9-4-10-16-21/h2-16,22H,17-18H2,1H3,(H,26,29)(H,27,28)/t22-,31+/m0/s1. The lowest BCUT2D eigenvalue weighted by Gasteiger charge is -2.31. The number of carboxylic acids is 1.